The van der Waals surface area contributed by atoms with Gasteiger partial charge in [0, 0.05) is 48.3 Å². The van der Waals surface area contributed by atoms with Crippen molar-refractivity contribution >= 4 is 57.0 Å². The maximum absolute atomic E-state index is 6.15. The van der Waals surface area contributed by atoms with Gasteiger partial charge in [-0.05, 0) is 69.6 Å². The molecule has 0 unspecified atom stereocenters. The molecule has 6 heteroatoms. The smallest absolute Gasteiger partial charge is 0.120 e. The van der Waals surface area contributed by atoms with Gasteiger partial charge in [0.05, 0.1) is 30.5 Å². The predicted octanol–water partition coefficient (Wildman–Crippen LogP) is 15.2. The Balaban J connectivity index is 0.000000215. The molecule has 11 aromatic rings. The van der Waals surface area contributed by atoms with Gasteiger partial charge in [-0.2, -0.15) is 0 Å². The van der Waals surface area contributed by atoms with Crippen LogP contribution in [0.15, 0.2) is 193 Å². The van der Waals surface area contributed by atoms with E-state index >= 15 is 0 Å². The first-order chi connectivity index (χ1) is 31.2. The monoisotopic (exact) mass is 1040 g/mol. The van der Waals surface area contributed by atoms with Crippen LogP contribution in [0.1, 0.15) is 19.4 Å². The molecule has 4 nitrogen and oxygen atoms in total. The summed E-state index contributed by atoms with van der Waals surface area (Å²) >= 11 is 0. The molecular weight excluding hydrogens is 987 g/mol. The minimum Gasteiger partial charge on any atom is -0.500 e. The number of nitrogens with zero attached hydrogens (tertiary/aromatic N) is 3. The van der Waals surface area contributed by atoms with Gasteiger partial charge in [-0.1, -0.05) is 166 Å². The summed E-state index contributed by atoms with van der Waals surface area (Å²) in [5.41, 5.74) is 13.9. The van der Waals surface area contributed by atoms with Crippen LogP contribution in [-0.4, -0.2) is 22.6 Å². The second-order valence-electron chi connectivity index (χ2n) is 18.0. The Morgan fingerprint density at radius 2 is 1.32 bits per heavy atom. The molecule has 3 heterocycles. The SMILES string of the molecule is CC(C)Cc1cc(-c2[c-]cccc2)ncc1[Si](C)(C)C.[Ir].[c-]1cc2oc3ccccc3c2cc1-c1nc2c3ccccc3ccc2n1-c1ccc(-c2ccccc2)cc1-c1ccccc1. The van der Waals surface area contributed by atoms with Gasteiger partial charge in [0.25, 0.3) is 0 Å². The molecule has 0 fully saturated rings. The van der Waals surface area contributed by atoms with Crippen LogP contribution in [0.4, 0.5) is 0 Å². The maximum atomic E-state index is 6.15. The molecule has 65 heavy (non-hydrogen) atoms. The molecule has 321 valence electrons. The van der Waals surface area contributed by atoms with Crippen molar-refractivity contribution in [3.63, 3.8) is 0 Å². The van der Waals surface area contributed by atoms with E-state index < -0.39 is 8.07 Å². The molecule has 11 rings (SSSR count). The van der Waals surface area contributed by atoms with Crippen LogP contribution in [0.5, 0.6) is 0 Å². The molecular formula is C59H49IrN3OSi-2. The van der Waals surface area contributed by atoms with E-state index in [4.69, 9.17) is 9.40 Å². The fourth-order valence-corrected chi connectivity index (χ4v) is 10.5. The minimum absolute atomic E-state index is 0. The standard InChI is InChI=1S/C41H25N2O.C18H24NSi.Ir/c1-3-11-27(12-4-1)30-20-22-36(34(25-30)28-13-5-2-6-14-28)43-37-23-19-29-15-7-8-16-32(29)40(37)42-41(43)31-21-24-39-35(26-31)33-17-9-10-18-38(33)44-39;1-14(2)11-16-12-17(15-9-7-6-8-10-15)19-13-18(16)20(3,4)5;/h1-20,22-26H;6-9,12-14H,11H2,1-5H3;/q2*-1;. The number of hydrogen-bond acceptors (Lipinski definition) is 3. The van der Waals surface area contributed by atoms with E-state index in [1.807, 2.05) is 36.4 Å². The quantitative estimate of drug-likeness (QED) is 0.113. The summed E-state index contributed by atoms with van der Waals surface area (Å²) in [7, 11) is -1.34. The Morgan fingerprint density at radius 3 is 2.06 bits per heavy atom. The molecule has 0 aliphatic heterocycles. The summed E-state index contributed by atoms with van der Waals surface area (Å²) in [6.45, 7) is 11.7. The van der Waals surface area contributed by atoms with E-state index in [9.17, 15) is 0 Å². The molecule has 0 amide bonds. The van der Waals surface area contributed by atoms with E-state index in [1.54, 1.807) is 0 Å². The Labute approximate surface area is 396 Å². The van der Waals surface area contributed by atoms with Gasteiger partial charge in [0.15, 0.2) is 0 Å². The minimum atomic E-state index is -1.34. The van der Waals surface area contributed by atoms with Crippen molar-refractivity contribution in [1.29, 1.82) is 0 Å². The first-order valence-electron chi connectivity index (χ1n) is 22.1. The third-order valence-corrected chi connectivity index (χ3v) is 14.0. The molecule has 0 aliphatic carbocycles. The normalized spacial score (nSPS) is 11.5. The largest absolute Gasteiger partial charge is 0.500 e. The summed E-state index contributed by atoms with van der Waals surface area (Å²) in [4.78, 5) is 10.1. The van der Waals surface area contributed by atoms with E-state index in [0.717, 1.165) is 84.2 Å². The number of rotatable bonds is 8. The summed E-state index contributed by atoms with van der Waals surface area (Å²) < 4.78 is 8.45. The second kappa shape index (κ2) is 18.4. The topological polar surface area (TPSA) is 43.9 Å². The van der Waals surface area contributed by atoms with Crippen LogP contribution in [0.2, 0.25) is 19.6 Å². The van der Waals surface area contributed by atoms with Crippen LogP contribution in [-0.2, 0) is 26.5 Å². The number of hydrogen-bond donors (Lipinski definition) is 0. The Hall–Kier alpha value is -6.69. The van der Waals surface area contributed by atoms with Crippen molar-refractivity contribution in [2.45, 2.75) is 39.9 Å². The zero-order chi connectivity index (χ0) is 43.8. The molecule has 0 aliphatic rings. The number of pyridine rings is 1. The number of furan rings is 1. The summed E-state index contributed by atoms with van der Waals surface area (Å²) in [6, 6.07) is 70.2. The molecule has 0 saturated carbocycles. The number of para-hydroxylation sites is 1. The van der Waals surface area contributed by atoms with Gasteiger partial charge in [-0.15, -0.1) is 59.7 Å². The number of aromatic nitrogens is 3. The predicted molar refractivity (Wildman–Crippen MR) is 271 cm³/mol. The van der Waals surface area contributed by atoms with Crippen molar-refractivity contribution in [3.8, 4) is 50.6 Å². The van der Waals surface area contributed by atoms with Crippen molar-refractivity contribution in [1.82, 2.24) is 14.5 Å². The van der Waals surface area contributed by atoms with E-state index in [-0.39, 0.29) is 20.1 Å². The summed E-state index contributed by atoms with van der Waals surface area (Å²) in [5.74, 6) is 1.51. The molecule has 3 aromatic heterocycles. The molecule has 0 atom stereocenters. The molecule has 0 bridgehead atoms. The van der Waals surface area contributed by atoms with Gasteiger partial charge in [-0.3, -0.25) is 4.98 Å². The fourth-order valence-electron chi connectivity index (χ4n) is 8.91. The fraction of sp³-hybridized carbons (Fsp3) is 0.119. The van der Waals surface area contributed by atoms with E-state index in [1.165, 1.54) is 27.3 Å². The van der Waals surface area contributed by atoms with Gasteiger partial charge >= 0.3 is 0 Å². The number of fused-ring (bicyclic) bond motifs is 6. The molecule has 0 N–H and O–H groups in total. The van der Waals surface area contributed by atoms with Gasteiger partial charge < -0.3 is 14.0 Å². The number of imidazole rings is 1. The summed E-state index contributed by atoms with van der Waals surface area (Å²) in [5, 5.41) is 5.93. The number of benzene rings is 8. The van der Waals surface area contributed by atoms with Crippen LogP contribution in [0.25, 0.3) is 94.3 Å². The molecule has 0 spiro atoms. The first kappa shape index (κ1) is 43.6. The summed E-state index contributed by atoms with van der Waals surface area (Å²) in [6.07, 6.45) is 3.24. The van der Waals surface area contributed by atoms with Crippen LogP contribution in [0, 0.1) is 18.1 Å². The van der Waals surface area contributed by atoms with Gasteiger partial charge in [-0.25, -0.2) is 0 Å². The molecule has 1 radical (unpaired) electrons. The zero-order valence-corrected chi connectivity index (χ0v) is 40.7. The van der Waals surface area contributed by atoms with Crippen molar-refractivity contribution in [3.05, 3.63) is 206 Å². The van der Waals surface area contributed by atoms with Gasteiger partial charge in [0.1, 0.15) is 5.58 Å². The zero-order valence-electron chi connectivity index (χ0n) is 37.3. The van der Waals surface area contributed by atoms with E-state index in [0.29, 0.717) is 5.92 Å². The third-order valence-electron chi connectivity index (χ3n) is 11.9. The Bertz CT molecular complexity index is 3420. The van der Waals surface area contributed by atoms with Crippen LogP contribution >= 0.6 is 0 Å². The Morgan fingerprint density at radius 1 is 0.615 bits per heavy atom. The Kier molecular flexibility index (Phi) is 12.3. The molecule has 8 aromatic carbocycles. The van der Waals surface area contributed by atoms with Crippen molar-refractivity contribution in [2.24, 2.45) is 5.92 Å². The van der Waals surface area contributed by atoms with Crippen LogP contribution < -0.4 is 5.19 Å². The van der Waals surface area contributed by atoms with Crippen LogP contribution in [0.3, 0.4) is 0 Å². The third kappa shape index (κ3) is 8.78. The van der Waals surface area contributed by atoms with Crippen molar-refractivity contribution < 1.29 is 24.5 Å². The molecule has 0 saturated heterocycles. The van der Waals surface area contributed by atoms with Gasteiger partial charge in [0.2, 0.25) is 0 Å². The average molecular weight is 1040 g/mol. The van der Waals surface area contributed by atoms with E-state index in [2.05, 4.69) is 207 Å². The second-order valence-corrected chi connectivity index (χ2v) is 23.0. The maximum Gasteiger partial charge on any atom is 0.120 e. The average Bonchev–Trinajstić information content (AvgIpc) is 3.91. The first-order valence-corrected chi connectivity index (χ1v) is 25.6. The van der Waals surface area contributed by atoms with Crippen molar-refractivity contribution in [2.75, 3.05) is 0 Å².